The fourth-order valence-electron chi connectivity index (χ4n) is 6.41. The number of fused-ring (bicyclic) bond motifs is 6. The van der Waals surface area contributed by atoms with Crippen LogP contribution >= 0.6 is 0 Å². The Morgan fingerprint density at radius 1 is 0.974 bits per heavy atom. The molecule has 0 saturated carbocycles. The SMILES string of the molecule is COc1ccc2[nH]c3c(c2c1)CC1c2cc(OCc4ccccc4)c(OC)cc2CCN1C3c1occc1C. The second kappa shape index (κ2) is 9.54. The lowest BCUT2D eigenvalue weighted by molar-refractivity contribution is 0.113. The largest absolute Gasteiger partial charge is 0.497 e. The van der Waals surface area contributed by atoms with Crippen molar-refractivity contribution < 1.29 is 18.6 Å². The van der Waals surface area contributed by atoms with Crippen LogP contribution in [0.2, 0.25) is 0 Å². The van der Waals surface area contributed by atoms with Crippen molar-refractivity contribution in [3.63, 3.8) is 0 Å². The first-order chi connectivity index (χ1) is 19.1. The molecule has 5 aromatic rings. The lowest BCUT2D eigenvalue weighted by Gasteiger charge is -2.45. The van der Waals surface area contributed by atoms with Crippen LogP contribution in [0.4, 0.5) is 0 Å². The molecule has 39 heavy (non-hydrogen) atoms. The number of H-pyrrole nitrogens is 1. The Hall–Kier alpha value is -4.16. The maximum absolute atomic E-state index is 6.35. The number of furan rings is 1. The van der Waals surface area contributed by atoms with Gasteiger partial charge in [0.2, 0.25) is 0 Å². The number of rotatable bonds is 6. The first kappa shape index (κ1) is 23.9. The molecular weight excluding hydrogens is 488 g/mol. The molecule has 6 heteroatoms. The molecule has 0 amide bonds. The molecule has 6 nitrogen and oxygen atoms in total. The van der Waals surface area contributed by atoms with Crippen molar-refractivity contribution in [1.29, 1.82) is 0 Å². The highest BCUT2D eigenvalue weighted by molar-refractivity contribution is 5.87. The van der Waals surface area contributed by atoms with E-state index < -0.39 is 0 Å². The van der Waals surface area contributed by atoms with Gasteiger partial charge in [-0.05, 0) is 84.0 Å². The predicted octanol–water partition coefficient (Wildman–Crippen LogP) is 6.91. The molecule has 198 valence electrons. The van der Waals surface area contributed by atoms with Gasteiger partial charge in [-0.3, -0.25) is 4.90 Å². The van der Waals surface area contributed by atoms with E-state index in [1.807, 2.05) is 24.3 Å². The maximum Gasteiger partial charge on any atom is 0.162 e. The van der Waals surface area contributed by atoms with Gasteiger partial charge in [0.25, 0.3) is 0 Å². The molecule has 0 saturated heterocycles. The Morgan fingerprint density at radius 2 is 1.85 bits per heavy atom. The topological polar surface area (TPSA) is 59.9 Å². The average Bonchev–Trinajstić information content (AvgIpc) is 3.57. The molecule has 0 aliphatic carbocycles. The van der Waals surface area contributed by atoms with E-state index >= 15 is 0 Å². The Labute approximate surface area is 228 Å². The van der Waals surface area contributed by atoms with Crippen molar-refractivity contribution in [1.82, 2.24) is 9.88 Å². The Balaban J connectivity index is 1.35. The number of benzene rings is 3. The zero-order valence-corrected chi connectivity index (χ0v) is 22.5. The highest BCUT2D eigenvalue weighted by atomic mass is 16.5. The van der Waals surface area contributed by atoms with Gasteiger partial charge < -0.3 is 23.6 Å². The minimum absolute atomic E-state index is 0.00363. The highest BCUT2D eigenvalue weighted by Crippen LogP contribution is 2.50. The second-order valence-corrected chi connectivity index (χ2v) is 10.5. The second-order valence-electron chi connectivity index (χ2n) is 10.5. The van der Waals surface area contributed by atoms with Crippen molar-refractivity contribution in [2.24, 2.45) is 0 Å². The zero-order valence-electron chi connectivity index (χ0n) is 22.5. The molecule has 2 atom stereocenters. The van der Waals surface area contributed by atoms with Crippen molar-refractivity contribution in [2.45, 2.75) is 38.5 Å². The summed E-state index contributed by atoms with van der Waals surface area (Å²) in [7, 11) is 3.44. The van der Waals surface area contributed by atoms with Crippen LogP contribution < -0.4 is 14.2 Å². The molecule has 3 aromatic carbocycles. The molecule has 0 bridgehead atoms. The molecule has 0 spiro atoms. The number of aromatic amines is 1. The summed E-state index contributed by atoms with van der Waals surface area (Å²) in [5, 5.41) is 1.21. The molecule has 2 unspecified atom stereocenters. The van der Waals surface area contributed by atoms with E-state index in [-0.39, 0.29) is 12.1 Å². The molecule has 7 rings (SSSR count). The van der Waals surface area contributed by atoms with Crippen LogP contribution in [0.5, 0.6) is 17.2 Å². The van der Waals surface area contributed by atoms with E-state index in [4.69, 9.17) is 18.6 Å². The van der Waals surface area contributed by atoms with Crippen LogP contribution in [0.15, 0.2) is 77.4 Å². The maximum atomic E-state index is 6.35. The van der Waals surface area contributed by atoms with Crippen LogP contribution in [0, 0.1) is 6.92 Å². The minimum atomic E-state index is -0.00363. The van der Waals surface area contributed by atoms with Crippen LogP contribution in [0.25, 0.3) is 10.9 Å². The van der Waals surface area contributed by atoms with Crippen molar-refractivity contribution in [2.75, 3.05) is 20.8 Å². The highest BCUT2D eigenvalue weighted by Gasteiger charge is 2.43. The summed E-state index contributed by atoms with van der Waals surface area (Å²) in [5.74, 6) is 3.42. The van der Waals surface area contributed by atoms with Gasteiger partial charge in [-0.15, -0.1) is 0 Å². The quantitative estimate of drug-likeness (QED) is 0.264. The number of hydrogen-bond donors (Lipinski definition) is 1. The lowest BCUT2D eigenvalue weighted by Crippen LogP contribution is -2.43. The number of aryl methyl sites for hydroxylation is 1. The molecule has 2 aromatic heterocycles. The lowest BCUT2D eigenvalue weighted by atomic mass is 9.81. The molecular formula is C33H32N2O4. The Morgan fingerprint density at radius 3 is 2.62 bits per heavy atom. The summed E-state index contributed by atoms with van der Waals surface area (Å²) in [6.45, 7) is 3.55. The molecule has 2 aliphatic rings. The number of nitrogens with zero attached hydrogens (tertiary/aromatic N) is 1. The standard InChI is InChI=1S/C33H32N2O4/c1-20-12-14-38-33(20)32-31-26(25-16-23(36-2)9-10-27(25)34-31)17-28-24-18-30(39-19-21-7-5-4-6-8-21)29(37-3)15-22(24)11-13-35(28)32/h4-10,12,14-16,18,28,32,34H,11,13,17,19H2,1-3H3. The van der Waals surface area contributed by atoms with Gasteiger partial charge in [0, 0.05) is 29.2 Å². The number of nitrogens with one attached hydrogen (secondary N) is 1. The summed E-state index contributed by atoms with van der Waals surface area (Å²) in [6.07, 6.45) is 3.62. The third kappa shape index (κ3) is 3.98. The summed E-state index contributed by atoms with van der Waals surface area (Å²) in [6, 6.07) is 23.1. The van der Waals surface area contributed by atoms with Gasteiger partial charge in [-0.1, -0.05) is 30.3 Å². The zero-order chi connectivity index (χ0) is 26.5. The molecule has 1 N–H and O–H groups in total. The Bertz CT molecular complexity index is 1650. The van der Waals surface area contributed by atoms with E-state index in [0.29, 0.717) is 6.61 Å². The monoisotopic (exact) mass is 520 g/mol. The summed E-state index contributed by atoms with van der Waals surface area (Å²) in [5.41, 5.74) is 8.55. The fraction of sp³-hybridized carbons (Fsp3) is 0.273. The van der Waals surface area contributed by atoms with E-state index in [9.17, 15) is 0 Å². The van der Waals surface area contributed by atoms with Gasteiger partial charge in [-0.2, -0.15) is 0 Å². The minimum Gasteiger partial charge on any atom is -0.497 e. The Kier molecular flexibility index (Phi) is 5.85. The van der Waals surface area contributed by atoms with Crippen molar-refractivity contribution in [3.05, 3.63) is 112 Å². The van der Waals surface area contributed by atoms with Crippen molar-refractivity contribution >= 4 is 10.9 Å². The molecule has 4 heterocycles. The van der Waals surface area contributed by atoms with E-state index in [1.165, 1.54) is 27.8 Å². The van der Waals surface area contributed by atoms with Gasteiger partial charge >= 0.3 is 0 Å². The van der Waals surface area contributed by atoms with Crippen LogP contribution in [-0.2, 0) is 19.4 Å². The van der Waals surface area contributed by atoms with Gasteiger partial charge in [0.1, 0.15) is 24.2 Å². The van der Waals surface area contributed by atoms with Gasteiger partial charge in [-0.25, -0.2) is 0 Å². The number of aromatic nitrogens is 1. The molecule has 0 fully saturated rings. The third-order valence-corrected chi connectivity index (χ3v) is 8.36. The van der Waals surface area contributed by atoms with E-state index in [2.05, 4.69) is 59.3 Å². The van der Waals surface area contributed by atoms with Crippen molar-refractivity contribution in [3.8, 4) is 17.2 Å². The summed E-state index contributed by atoms with van der Waals surface area (Å²) >= 11 is 0. The predicted molar refractivity (Wildman–Crippen MR) is 151 cm³/mol. The normalized spacial score (nSPS) is 18.3. The average molecular weight is 521 g/mol. The van der Waals surface area contributed by atoms with Gasteiger partial charge in [0.05, 0.1) is 20.5 Å². The van der Waals surface area contributed by atoms with E-state index in [0.717, 1.165) is 59.0 Å². The molecule has 0 radical (unpaired) electrons. The third-order valence-electron chi connectivity index (χ3n) is 8.36. The number of hydrogen-bond acceptors (Lipinski definition) is 5. The van der Waals surface area contributed by atoms with E-state index in [1.54, 1.807) is 20.5 Å². The fourth-order valence-corrected chi connectivity index (χ4v) is 6.41. The summed E-state index contributed by atoms with van der Waals surface area (Å²) < 4.78 is 23.9. The first-order valence-electron chi connectivity index (χ1n) is 13.5. The molecule has 2 aliphatic heterocycles. The first-order valence-corrected chi connectivity index (χ1v) is 13.5. The van der Waals surface area contributed by atoms with Gasteiger partial charge in [0.15, 0.2) is 11.5 Å². The smallest absolute Gasteiger partial charge is 0.162 e. The van der Waals surface area contributed by atoms with Crippen LogP contribution in [0.1, 0.15) is 51.4 Å². The number of ether oxygens (including phenoxy) is 3. The van der Waals surface area contributed by atoms with Crippen LogP contribution in [-0.4, -0.2) is 30.6 Å². The summed E-state index contributed by atoms with van der Waals surface area (Å²) in [4.78, 5) is 6.35. The van der Waals surface area contributed by atoms with Crippen LogP contribution in [0.3, 0.4) is 0 Å². The number of methoxy groups -OCH3 is 2.